The molecule has 0 aliphatic heterocycles. The largest absolute Gasteiger partial charge is 0.282 e. The van der Waals surface area contributed by atoms with E-state index in [1.54, 1.807) is 12.1 Å². The number of hydrogen-bond acceptors (Lipinski definition) is 4. The van der Waals surface area contributed by atoms with Gasteiger partial charge in [0.25, 0.3) is 5.56 Å². The van der Waals surface area contributed by atoms with Gasteiger partial charge in [-0.2, -0.15) is 9.78 Å². The molecule has 3 aromatic rings. The summed E-state index contributed by atoms with van der Waals surface area (Å²) in [6.45, 7) is 2.03. The minimum absolute atomic E-state index is 0.219. The lowest BCUT2D eigenvalue weighted by molar-refractivity contribution is 0.627. The van der Waals surface area contributed by atoms with E-state index in [0.29, 0.717) is 15.8 Å². The van der Waals surface area contributed by atoms with Crippen LogP contribution < -0.4 is 5.56 Å². The fourth-order valence-electron chi connectivity index (χ4n) is 1.94. The number of benzene rings is 1. The summed E-state index contributed by atoms with van der Waals surface area (Å²) in [6.07, 6.45) is 3.69. The van der Waals surface area contributed by atoms with Gasteiger partial charge in [0.2, 0.25) is 0 Å². The molecular weight excluding hydrogens is 289 g/mol. The number of fused-ring (bicyclic) bond motifs is 1. The molecule has 6 heteroatoms. The van der Waals surface area contributed by atoms with Gasteiger partial charge in [-0.25, -0.2) is 9.37 Å². The molecule has 0 atom stereocenters. The second-order valence-electron chi connectivity index (χ2n) is 4.48. The van der Waals surface area contributed by atoms with Gasteiger partial charge in [0.05, 0.1) is 11.6 Å². The Labute approximate surface area is 124 Å². The second-order valence-corrected chi connectivity index (χ2v) is 5.59. The summed E-state index contributed by atoms with van der Waals surface area (Å²) in [6, 6.07) is 7.86. The van der Waals surface area contributed by atoms with Crippen LogP contribution in [0.4, 0.5) is 4.39 Å². The maximum Gasteiger partial charge on any atom is 0.282 e. The van der Waals surface area contributed by atoms with Crippen LogP contribution in [0.3, 0.4) is 0 Å². The lowest BCUT2D eigenvalue weighted by atomic mass is 10.2. The smallest absolute Gasteiger partial charge is 0.267 e. The molecule has 0 saturated carbocycles. The van der Waals surface area contributed by atoms with Gasteiger partial charge >= 0.3 is 0 Å². The summed E-state index contributed by atoms with van der Waals surface area (Å²) in [5.41, 5.74) is 0.366. The molecule has 0 unspecified atom stereocenters. The zero-order chi connectivity index (χ0) is 14.8. The first-order chi connectivity index (χ1) is 10.2. The predicted octanol–water partition coefficient (Wildman–Crippen LogP) is 3.04. The van der Waals surface area contributed by atoms with Crippen LogP contribution in [0.5, 0.6) is 0 Å². The van der Waals surface area contributed by atoms with Crippen molar-refractivity contribution in [2.75, 3.05) is 0 Å². The van der Waals surface area contributed by atoms with Crippen molar-refractivity contribution >= 4 is 27.8 Å². The third kappa shape index (κ3) is 2.75. The van der Waals surface area contributed by atoms with Gasteiger partial charge < -0.3 is 0 Å². The molecule has 106 valence electrons. The Balaban J connectivity index is 2.01. The topological polar surface area (TPSA) is 47.2 Å². The first kappa shape index (κ1) is 13.6. The second kappa shape index (κ2) is 5.57. The molecule has 21 heavy (non-hydrogen) atoms. The van der Waals surface area contributed by atoms with Gasteiger partial charge in [-0.05, 0) is 30.2 Å². The van der Waals surface area contributed by atoms with E-state index >= 15 is 0 Å². The van der Waals surface area contributed by atoms with E-state index < -0.39 is 0 Å². The molecule has 2 heterocycles. The Kier molecular flexibility index (Phi) is 3.62. The fraction of sp³-hybridized carbons (Fsp3) is 0.133. The number of aromatic nitrogens is 2. The minimum Gasteiger partial charge on any atom is -0.267 e. The molecule has 1 aromatic carbocycles. The number of rotatable bonds is 3. The number of halogens is 1. The highest BCUT2D eigenvalue weighted by atomic mass is 32.1. The maximum absolute atomic E-state index is 13.1. The third-order valence-electron chi connectivity index (χ3n) is 3.01. The predicted molar refractivity (Wildman–Crippen MR) is 82.7 cm³/mol. The van der Waals surface area contributed by atoms with Crippen LogP contribution in [0.2, 0.25) is 0 Å². The fourth-order valence-corrected chi connectivity index (χ4v) is 2.86. The standard InChI is InChI=1S/C15H12FN3OS/c1-2-12-7-13-14(21-12)17-9-19(15(13)20)18-8-10-4-3-5-11(16)6-10/h3-9H,2H2,1H3/b18-8-. The minimum atomic E-state index is -0.342. The quantitative estimate of drug-likeness (QED) is 0.698. The van der Waals surface area contributed by atoms with Crippen molar-refractivity contribution in [1.29, 1.82) is 0 Å². The molecule has 0 aliphatic carbocycles. The molecule has 2 aromatic heterocycles. The van der Waals surface area contributed by atoms with Crippen LogP contribution in [0.1, 0.15) is 17.4 Å². The molecule has 0 spiro atoms. The Morgan fingerprint density at radius 2 is 2.29 bits per heavy atom. The van der Waals surface area contributed by atoms with E-state index in [9.17, 15) is 9.18 Å². The van der Waals surface area contributed by atoms with Crippen molar-refractivity contribution in [1.82, 2.24) is 9.66 Å². The molecule has 0 N–H and O–H groups in total. The molecule has 0 amide bonds. The van der Waals surface area contributed by atoms with Crippen LogP contribution in [0, 0.1) is 5.82 Å². The summed E-state index contributed by atoms with van der Waals surface area (Å²) >= 11 is 1.51. The van der Waals surface area contributed by atoms with E-state index in [1.807, 2.05) is 13.0 Å². The van der Waals surface area contributed by atoms with E-state index in [2.05, 4.69) is 10.1 Å². The average molecular weight is 301 g/mol. The SMILES string of the molecule is CCc1cc2c(=O)n(/N=C\c3cccc(F)c3)cnc2s1. The van der Waals surface area contributed by atoms with Gasteiger partial charge in [-0.1, -0.05) is 19.1 Å². The normalized spacial score (nSPS) is 11.5. The van der Waals surface area contributed by atoms with Crippen molar-refractivity contribution in [3.05, 3.63) is 63.3 Å². The number of aryl methyl sites for hydroxylation is 1. The summed E-state index contributed by atoms with van der Waals surface area (Å²) < 4.78 is 14.2. The summed E-state index contributed by atoms with van der Waals surface area (Å²) in [4.78, 5) is 18.4. The molecule has 3 rings (SSSR count). The highest BCUT2D eigenvalue weighted by Crippen LogP contribution is 2.20. The van der Waals surface area contributed by atoms with Gasteiger partial charge in [0.1, 0.15) is 17.0 Å². The highest BCUT2D eigenvalue weighted by Gasteiger charge is 2.07. The number of hydrogen-bond donors (Lipinski definition) is 0. The maximum atomic E-state index is 13.1. The lowest BCUT2D eigenvalue weighted by Gasteiger charge is -1.97. The van der Waals surface area contributed by atoms with Crippen LogP contribution in [-0.4, -0.2) is 15.9 Å². The van der Waals surface area contributed by atoms with Crippen molar-refractivity contribution in [3.63, 3.8) is 0 Å². The summed E-state index contributed by atoms with van der Waals surface area (Å²) in [5, 5.41) is 4.62. The third-order valence-corrected chi connectivity index (χ3v) is 4.20. The molecular formula is C15H12FN3OS. The van der Waals surface area contributed by atoms with E-state index in [-0.39, 0.29) is 11.4 Å². The van der Waals surface area contributed by atoms with Gasteiger partial charge in [-0.3, -0.25) is 4.79 Å². The highest BCUT2D eigenvalue weighted by molar-refractivity contribution is 7.18. The van der Waals surface area contributed by atoms with Crippen molar-refractivity contribution in [2.24, 2.45) is 5.10 Å². The van der Waals surface area contributed by atoms with Crippen molar-refractivity contribution in [3.8, 4) is 0 Å². The molecule has 0 aliphatic rings. The summed E-state index contributed by atoms with van der Waals surface area (Å²) in [5.74, 6) is -0.342. The van der Waals surface area contributed by atoms with Crippen molar-refractivity contribution < 1.29 is 4.39 Å². The van der Waals surface area contributed by atoms with E-state index in [1.165, 1.54) is 40.7 Å². The Hall–Kier alpha value is -2.34. The Morgan fingerprint density at radius 1 is 1.43 bits per heavy atom. The first-order valence-corrected chi connectivity index (χ1v) is 7.29. The molecule has 4 nitrogen and oxygen atoms in total. The van der Waals surface area contributed by atoms with Gasteiger partial charge in [0, 0.05) is 4.88 Å². The zero-order valence-corrected chi connectivity index (χ0v) is 12.1. The monoisotopic (exact) mass is 301 g/mol. The summed E-state index contributed by atoms with van der Waals surface area (Å²) in [7, 11) is 0. The average Bonchev–Trinajstić information content (AvgIpc) is 2.91. The zero-order valence-electron chi connectivity index (χ0n) is 11.3. The van der Waals surface area contributed by atoms with Gasteiger partial charge in [0.15, 0.2) is 0 Å². The van der Waals surface area contributed by atoms with Crippen LogP contribution in [0.25, 0.3) is 10.2 Å². The molecule has 0 radical (unpaired) electrons. The van der Waals surface area contributed by atoms with Gasteiger partial charge in [-0.15, -0.1) is 11.3 Å². The van der Waals surface area contributed by atoms with Crippen LogP contribution >= 0.6 is 11.3 Å². The van der Waals surface area contributed by atoms with E-state index in [4.69, 9.17) is 0 Å². The number of nitrogens with zero attached hydrogens (tertiary/aromatic N) is 3. The Morgan fingerprint density at radius 3 is 3.05 bits per heavy atom. The van der Waals surface area contributed by atoms with E-state index in [0.717, 1.165) is 11.3 Å². The van der Waals surface area contributed by atoms with Crippen molar-refractivity contribution in [2.45, 2.75) is 13.3 Å². The molecule has 0 saturated heterocycles. The number of thiophene rings is 1. The Bertz CT molecular complexity index is 882. The lowest BCUT2D eigenvalue weighted by Crippen LogP contribution is -2.16. The van der Waals surface area contributed by atoms with Crippen LogP contribution in [0.15, 0.2) is 46.6 Å². The molecule has 0 bridgehead atoms. The first-order valence-electron chi connectivity index (χ1n) is 6.47. The van der Waals surface area contributed by atoms with Crippen LogP contribution in [-0.2, 0) is 6.42 Å². The molecule has 0 fully saturated rings.